The van der Waals surface area contributed by atoms with E-state index >= 15 is 0 Å². The highest BCUT2D eigenvalue weighted by molar-refractivity contribution is 7.13. The third kappa shape index (κ3) is 5.48. The monoisotopic (exact) mass is 501 g/mol. The molecule has 4 rings (SSSR count). The largest absolute Gasteiger partial charge is 0.573 e. The third-order valence-corrected chi connectivity index (χ3v) is 6.42. The molecule has 6 nitrogen and oxygen atoms in total. The molecule has 0 fully saturated rings. The van der Waals surface area contributed by atoms with E-state index < -0.39 is 12.3 Å². The number of para-hydroxylation sites is 1. The first-order valence-corrected chi connectivity index (χ1v) is 11.5. The van der Waals surface area contributed by atoms with Crippen LogP contribution in [0.15, 0.2) is 60.0 Å². The van der Waals surface area contributed by atoms with Crippen molar-refractivity contribution in [1.29, 1.82) is 0 Å². The minimum atomic E-state index is -4.75. The number of aryl methyl sites for hydroxylation is 1. The maximum Gasteiger partial charge on any atom is 0.573 e. The van der Waals surface area contributed by atoms with Crippen molar-refractivity contribution < 1.29 is 27.4 Å². The molecule has 182 valence electrons. The van der Waals surface area contributed by atoms with E-state index in [0.29, 0.717) is 34.8 Å². The molecule has 0 bridgehead atoms. The first kappa shape index (κ1) is 24.3. The van der Waals surface area contributed by atoms with Gasteiger partial charge in [-0.05, 0) is 55.3 Å². The van der Waals surface area contributed by atoms with Gasteiger partial charge in [0.25, 0.3) is 5.91 Å². The molecule has 0 aliphatic heterocycles. The fourth-order valence-corrected chi connectivity index (χ4v) is 4.68. The number of thiazole rings is 1. The van der Waals surface area contributed by atoms with E-state index in [2.05, 4.69) is 9.72 Å². The minimum Gasteiger partial charge on any atom is -0.496 e. The van der Waals surface area contributed by atoms with Crippen molar-refractivity contribution in [3.8, 4) is 33.5 Å². The van der Waals surface area contributed by atoms with Gasteiger partial charge in [-0.25, -0.2) is 4.98 Å². The molecule has 1 amide bonds. The van der Waals surface area contributed by atoms with Crippen LogP contribution in [0, 0.1) is 6.92 Å². The Balaban J connectivity index is 1.64. The molecule has 0 aliphatic rings. The average molecular weight is 502 g/mol. The molecule has 0 unspecified atom stereocenters. The second-order valence-electron chi connectivity index (χ2n) is 7.72. The third-order valence-electron chi connectivity index (χ3n) is 5.53. The Morgan fingerprint density at radius 2 is 1.86 bits per heavy atom. The molecule has 0 atom stereocenters. The Kier molecular flexibility index (Phi) is 6.83. The van der Waals surface area contributed by atoms with Crippen LogP contribution in [0.3, 0.4) is 0 Å². The van der Waals surface area contributed by atoms with Crippen molar-refractivity contribution in [3.63, 3.8) is 0 Å². The maximum absolute atomic E-state index is 12.4. The highest BCUT2D eigenvalue weighted by atomic mass is 32.1. The molecule has 2 aromatic carbocycles. The molecular formula is C25H22F3N3O3S. The summed E-state index contributed by atoms with van der Waals surface area (Å²) in [7, 11) is 1.62. The number of hydrogen-bond donors (Lipinski definition) is 1. The average Bonchev–Trinajstić information content (AvgIpc) is 3.42. The number of carbonyl (C=O) groups is 1. The molecule has 0 spiro atoms. The zero-order valence-corrected chi connectivity index (χ0v) is 19.7. The normalized spacial score (nSPS) is 11.5. The van der Waals surface area contributed by atoms with Crippen LogP contribution in [0.2, 0.25) is 0 Å². The minimum absolute atomic E-state index is 0.301. The molecule has 0 radical (unpaired) electrons. The zero-order valence-electron chi connectivity index (χ0n) is 18.9. The highest BCUT2D eigenvalue weighted by Gasteiger charge is 2.31. The number of ether oxygens (including phenoxy) is 2. The van der Waals surface area contributed by atoms with Crippen LogP contribution >= 0.6 is 11.3 Å². The number of amides is 1. The van der Waals surface area contributed by atoms with E-state index in [0.717, 1.165) is 22.7 Å². The van der Waals surface area contributed by atoms with Gasteiger partial charge in [-0.1, -0.05) is 18.2 Å². The number of alkyl halides is 3. The van der Waals surface area contributed by atoms with Gasteiger partial charge in [0, 0.05) is 23.2 Å². The van der Waals surface area contributed by atoms with Gasteiger partial charge in [-0.3, -0.25) is 4.79 Å². The summed E-state index contributed by atoms with van der Waals surface area (Å²) in [5, 5.41) is 2.46. The molecule has 0 aliphatic carbocycles. The lowest BCUT2D eigenvalue weighted by Crippen LogP contribution is -2.16. The maximum atomic E-state index is 12.4. The lowest BCUT2D eigenvalue weighted by atomic mass is 10.1. The van der Waals surface area contributed by atoms with Gasteiger partial charge in [0.05, 0.1) is 24.1 Å². The van der Waals surface area contributed by atoms with Crippen molar-refractivity contribution in [1.82, 2.24) is 9.55 Å². The van der Waals surface area contributed by atoms with Crippen LogP contribution in [-0.2, 0) is 13.0 Å². The van der Waals surface area contributed by atoms with Crippen molar-refractivity contribution in [3.05, 3.63) is 76.8 Å². The molecule has 2 heterocycles. The number of methoxy groups -OCH3 is 1. The van der Waals surface area contributed by atoms with E-state index in [4.69, 9.17) is 10.5 Å². The molecule has 35 heavy (non-hydrogen) atoms. The number of nitrogens with two attached hydrogens (primary N) is 1. The lowest BCUT2D eigenvalue weighted by molar-refractivity contribution is -0.274. The van der Waals surface area contributed by atoms with Crippen molar-refractivity contribution >= 4 is 17.2 Å². The molecule has 10 heteroatoms. The van der Waals surface area contributed by atoms with E-state index in [-0.39, 0.29) is 5.75 Å². The number of benzene rings is 2. The first-order valence-electron chi connectivity index (χ1n) is 10.6. The van der Waals surface area contributed by atoms with Crippen LogP contribution in [0.25, 0.3) is 22.0 Å². The first-order chi connectivity index (χ1) is 16.7. The molecule has 4 aromatic rings. The van der Waals surface area contributed by atoms with Crippen molar-refractivity contribution in [2.75, 3.05) is 7.11 Å². The van der Waals surface area contributed by atoms with Gasteiger partial charge >= 0.3 is 6.36 Å². The number of carbonyl (C=O) groups excluding carboxylic acids is 1. The quantitative estimate of drug-likeness (QED) is 0.329. The van der Waals surface area contributed by atoms with Crippen LogP contribution in [0.5, 0.6) is 11.5 Å². The number of rotatable bonds is 8. The Hall–Kier alpha value is -3.79. The highest BCUT2D eigenvalue weighted by Crippen LogP contribution is 2.33. The Morgan fingerprint density at radius 3 is 2.51 bits per heavy atom. The predicted molar refractivity (Wildman–Crippen MR) is 128 cm³/mol. The number of hydrogen-bond acceptors (Lipinski definition) is 5. The smallest absolute Gasteiger partial charge is 0.496 e. The molecule has 0 saturated heterocycles. The van der Waals surface area contributed by atoms with Crippen LogP contribution in [0.1, 0.15) is 21.6 Å². The number of primary amides is 1. The van der Waals surface area contributed by atoms with Gasteiger partial charge < -0.3 is 19.8 Å². The van der Waals surface area contributed by atoms with Gasteiger partial charge in [0.2, 0.25) is 0 Å². The van der Waals surface area contributed by atoms with Gasteiger partial charge in [-0.15, -0.1) is 24.5 Å². The molecule has 2 N–H and O–H groups in total. The summed E-state index contributed by atoms with van der Waals surface area (Å²) < 4.78 is 48.6. The van der Waals surface area contributed by atoms with Gasteiger partial charge in [-0.2, -0.15) is 0 Å². The summed E-state index contributed by atoms with van der Waals surface area (Å²) in [6, 6.07) is 15.0. The fraction of sp³-hybridized carbons (Fsp3) is 0.200. The second-order valence-corrected chi connectivity index (χ2v) is 8.57. The topological polar surface area (TPSA) is 79.4 Å². The number of nitrogens with zero attached hydrogens (tertiary/aromatic N) is 2. The Labute approximate surface area is 203 Å². The molecule has 0 saturated carbocycles. The lowest BCUT2D eigenvalue weighted by Gasteiger charge is -2.13. The summed E-state index contributed by atoms with van der Waals surface area (Å²) in [6.45, 7) is 2.39. The predicted octanol–water partition coefficient (Wildman–Crippen LogP) is 5.84. The summed E-state index contributed by atoms with van der Waals surface area (Å²) in [4.78, 5) is 16.7. The molecule has 2 aromatic heterocycles. The summed E-state index contributed by atoms with van der Waals surface area (Å²) in [6.07, 6.45) is -4.09. The van der Waals surface area contributed by atoms with E-state index in [1.54, 1.807) is 13.2 Å². The van der Waals surface area contributed by atoms with Crippen molar-refractivity contribution in [2.45, 2.75) is 26.3 Å². The summed E-state index contributed by atoms with van der Waals surface area (Å²) in [5.41, 5.74) is 9.77. The van der Waals surface area contributed by atoms with Gasteiger partial charge in [0.15, 0.2) is 0 Å². The van der Waals surface area contributed by atoms with Crippen molar-refractivity contribution in [2.24, 2.45) is 5.73 Å². The standard InChI is InChI=1S/C25H22F3N3O3S/c1-15-19(23(29)32)13-21(31(15)12-11-16-5-3-4-6-22(16)33-2)20-14-35-24(30-20)17-7-9-18(10-8-17)34-25(26,27)28/h3-10,13-14H,11-12H2,1-2H3,(H2,29,32). The van der Waals surface area contributed by atoms with E-state index in [1.807, 2.05) is 41.1 Å². The number of halogens is 3. The second kappa shape index (κ2) is 9.83. The van der Waals surface area contributed by atoms with E-state index in [9.17, 15) is 18.0 Å². The van der Waals surface area contributed by atoms with Crippen LogP contribution < -0.4 is 15.2 Å². The van der Waals surface area contributed by atoms with E-state index in [1.165, 1.54) is 35.6 Å². The number of aromatic nitrogens is 2. The zero-order chi connectivity index (χ0) is 25.2. The Bertz CT molecular complexity index is 1340. The molecular weight excluding hydrogens is 479 g/mol. The summed E-state index contributed by atoms with van der Waals surface area (Å²) >= 11 is 1.35. The summed E-state index contributed by atoms with van der Waals surface area (Å²) in [5.74, 6) is -0.0525. The van der Waals surface area contributed by atoms with Crippen LogP contribution in [0.4, 0.5) is 13.2 Å². The Morgan fingerprint density at radius 1 is 1.14 bits per heavy atom. The fourth-order valence-electron chi connectivity index (χ4n) is 3.86. The SMILES string of the molecule is COc1ccccc1CCn1c(-c2csc(-c3ccc(OC(F)(F)F)cc3)n2)cc(C(N)=O)c1C. The van der Waals surface area contributed by atoms with Crippen LogP contribution in [-0.4, -0.2) is 28.9 Å². The van der Waals surface area contributed by atoms with Gasteiger partial charge in [0.1, 0.15) is 16.5 Å².